The van der Waals surface area contributed by atoms with Gasteiger partial charge in [0.05, 0.1) is 13.2 Å². The fourth-order valence-electron chi connectivity index (χ4n) is 2.55. The van der Waals surface area contributed by atoms with Gasteiger partial charge in [-0.1, -0.05) is 19.1 Å². The summed E-state index contributed by atoms with van der Waals surface area (Å²) >= 11 is 0. The molecule has 1 aliphatic carbocycles. The topological polar surface area (TPSA) is 29.5 Å². The maximum Gasteiger partial charge on any atom is 0.168 e. The lowest BCUT2D eigenvalue weighted by atomic mass is 9.89. The maximum absolute atomic E-state index is 14.0. The van der Waals surface area contributed by atoms with E-state index in [1.807, 2.05) is 6.92 Å². The largest absolute Gasteiger partial charge is 0.494 e. The van der Waals surface area contributed by atoms with Crippen molar-refractivity contribution in [2.75, 3.05) is 7.11 Å². The molecule has 2 rings (SSSR count). The van der Waals surface area contributed by atoms with Crippen LogP contribution in [0.2, 0.25) is 0 Å². The summed E-state index contributed by atoms with van der Waals surface area (Å²) in [6.07, 6.45) is 1.28. The predicted molar refractivity (Wildman–Crippen MR) is 60.1 cm³/mol. The average molecular weight is 224 g/mol. The predicted octanol–water partition coefficient (Wildman–Crippen LogP) is 2.71. The summed E-state index contributed by atoms with van der Waals surface area (Å²) in [5.41, 5.74) is 0.670. The first-order valence-electron chi connectivity index (χ1n) is 5.65. The molecule has 88 valence electrons. The van der Waals surface area contributed by atoms with Crippen molar-refractivity contribution in [2.45, 2.75) is 31.8 Å². The smallest absolute Gasteiger partial charge is 0.168 e. The SMILES string of the molecule is COc1cccc(C2CCC(O)C2C)c1F. The normalized spacial score (nSPS) is 29.4. The Bertz CT molecular complexity index is 378. The highest BCUT2D eigenvalue weighted by atomic mass is 19.1. The van der Waals surface area contributed by atoms with Crippen LogP contribution in [0, 0.1) is 11.7 Å². The molecule has 0 spiro atoms. The molecule has 2 nitrogen and oxygen atoms in total. The third kappa shape index (κ3) is 1.80. The van der Waals surface area contributed by atoms with E-state index in [0.29, 0.717) is 5.56 Å². The van der Waals surface area contributed by atoms with Gasteiger partial charge in [0.2, 0.25) is 0 Å². The van der Waals surface area contributed by atoms with E-state index in [9.17, 15) is 9.50 Å². The van der Waals surface area contributed by atoms with Gasteiger partial charge in [0.15, 0.2) is 11.6 Å². The summed E-state index contributed by atoms with van der Waals surface area (Å²) in [7, 11) is 1.47. The number of hydrogen-bond acceptors (Lipinski definition) is 2. The number of halogens is 1. The maximum atomic E-state index is 14.0. The molecule has 0 aliphatic heterocycles. The van der Waals surface area contributed by atoms with E-state index in [1.54, 1.807) is 18.2 Å². The fraction of sp³-hybridized carbons (Fsp3) is 0.538. The van der Waals surface area contributed by atoms with E-state index in [4.69, 9.17) is 4.74 Å². The number of rotatable bonds is 2. The van der Waals surface area contributed by atoms with Crippen LogP contribution in [0.1, 0.15) is 31.2 Å². The van der Waals surface area contributed by atoms with Crippen LogP contribution in [0.5, 0.6) is 5.75 Å². The molecule has 1 fully saturated rings. The molecular weight excluding hydrogens is 207 g/mol. The van der Waals surface area contributed by atoms with Crippen LogP contribution >= 0.6 is 0 Å². The summed E-state index contributed by atoms with van der Waals surface area (Å²) < 4.78 is 19.0. The van der Waals surface area contributed by atoms with Crippen molar-refractivity contribution < 1.29 is 14.2 Å². The van der Waals surface area contributed by atoms with Gasteiger partial charge in [-0.25, -0.2) is 4.39 Å². The van der Waals surface area contributed by atoms with Gasteiger partial charge in [-0.15, -0.1) is 0 Å². The van der Waals surface area contributed by atoms with Crippen LogP contribution in [0.3, 0.4) is 0 Å². The van der Waals surface area contributed by atoms with Crippen molar-refractivity contribution in [3.05, 3.63) is 29.6 Å². The zero-order valence-corrected chi connectivity index (χ0v) is 9.61. The van der Waals surface area contributed by atoms with E-state index in [2.05, 4.69) is 0 Å². The standard InChI is InChI=1S/C13H17FO2/c1-8-9(6-7-11(8)15)10-4-3-5-12(16-2)13(10)14/h3-5,8-9,11,15H,6-7H2,1-2H3. The van der Waals surface area contributed by atoms with Gasteiger partial charge in [0.1, 0.15) is 0 Å². The number of aliphatic hydroxyl groups excluding tert-OH is 1. The zero-order chi connectivity index (χ0) is 11.7. The molecule has 3 atom stereocenters. The minimum Gasteiger partial charge on any atom is -0.494 e. The van der Waals surface area contributed by atoms with Gasteiger partial charge in [0.25, 0.3) is 0 Å². The molecule has 1 N–H and O–H groups in total. The molecular formula is C13H17FO2. The Kier molecular flexibility index (Phi) is 3.15. The summed E-state index contributed by atoms with van der Waals surface area (Å²) in [6, 6.07) is 5.21. The van der Waals surface area contributed by atoms with Gasteiger partial charge in [-0.3, -0.25) is 0 Å². The first kappa shape index (κ1) is 11.4. The summed E-state index contributed by atoms with van der Waals surface area (Å²) in [5, 5.41) is 9.69. The van der Waals surface area contributed by atoms with Gasteiger partial charge in [0, 0.05) is 0 Å². The monoisotopic (exact) mass is 224 g/mol. The van der Waals surface area contributed by atoms with E-state index >= 15 is 0 Å². The number of aliphatic hydroxyl groups is 1. The summed E-state index contributed by atoms with van der Waals surface area (Å²) in [6.45, 7) is 1.97. The molecule has 0 bridgehead atoms. The van der Waals surface area contributed by atoms with Crippen molar-refractivity contribution in [1.82, 2.24) is 0 Å². The highest BCUT2D eigenvalue weighted by Crippen LogP contribution is 2.41. The Labute approximate surface area is 95.1 Å². The van der Waals surface area contributed by atoms with Gasteiger partial charge >= 0.3 is 0 Å². The zero-order valence-electron chi connectivity index (χ0n) is 9.61. The summed E-state index contributed by atoms with van der Waals surface area (Å²) in [5.74, 6) is 0.216. The van der Waals surface area contributed by atoms with Crippen LogP contribution in [-0.4, -0.2) is 18.3 Å². The molecule has 1 aromatic carbocycles. The molecule has 0 amide bonds. The first-order chi connectivity index (χ1) is 7.65. The van der Waals surface area contributed by atoms with Crippen molar-refractivity contribution in [2.24, 2.45) is 5.92 Å². The van der Waals surface area contributed by atoms with Gasteiger partial charge in [-0.2, -0.15) is 0 Å². The molecule has 0 radical (unpaired) electrons. The fourth-order valence-corrected chi connectivity index (χ4v) is 2.55. The van der Waals surface area contributed by atoms with Crippen molar-refractivity contribution in [3.63, 3.8) is 0 Å². The number of methoxy groups -OCH3 is 1. The Morgan fingerprint density at radius 1 is 1.38 bits per heavy atom. The van der Waals surface area contributed by atoms with Crippen molar-refractivity contribution >= 4 is 0 Å². The summed E-state index contributed by atoms with van der Waals surface area (Å²) in [4.78, 5) is 0. The number of benzene rings is 1. The molecule has 0 aromatic heterocycles. The second-order valence-corrected chi connectivity index (χ2v) is 4.47. The molecule has 1 aliphatic rings. The average Bonchev–Trinajstić information content (AvgIpc) is 2.61. The molecule has 16 heavy (non-hydrogen) atoms. The lowest BCUT2D eigenvalue weighted by Gasteiger charge is -2.19. The van der Waals surface area contributed by atoms with E-state index in [-0.39, 0.29) is 29.5 Å². The number of ether oxygens (including phenoxy) is 1. The second kappa shape index (κ2) is 4.42. The molecule has 3 unspecified atom stereocenters. The van der Waals surface area contributed by atoms with Crippen LogP contribution in [-0.2, 0) is 0 Å². The third-order valence-corrected chi connectivity index (χ3v) is 3.63. The van der Waals surface area contributed by atoms with Crippen molar-refractivity contribution in [1.29, 1.82) is 0 Å². The quantitative estimate of drug-likeness (QED) is 0.837. The van der Waals surface area contributed by atoms with E-state index < -0.39 is 0 Å². The highest BCUT2D eigenvalue weighted by molar-refractivity contribution is 5.34. The third-order valence-electron chi connectivity index (χ3n) is 3.63. The van der Waals surface area contributed by atoms with Crippen molar-refractivity contribution in [3.8, 4) is 5.75 Å². The molecule has 1 saturated carbocycles. The molecule has 0 heterocycles. The minimum absolute atomic E-state index is 0.102. The van der Waals surface area contributed by atoms with Crippen LogP contribution in [0.15, 0.2) is 18.2 Å². The van der Waals surface area contributed by atoms with Crippen LogP contribution in [0.4, 0.5) is 4.39 Å². The Morgan fingerprint density at radius 3 is 2.69 bits per heavy atom. The van der Waals surface area contributed by atoms with Crippen LogP contribution in [0.25, 0.3) is 0 Å². The van der Waals surface area contributed by atoms with Crippen LogP contribution < -0.4 is 4.74 Å². The van der Waals surface area contributed by atoms with E-state index in [0.717, 1.165) is 12.8 Å². The number of hydrogen-bond donors (Lipinski definition) is 1. The minimum atomic E-state index is -0.310. The Hall–Kier alpha value is -1.09. The first-order valence-corrected chi connectivity index (χ1v) is 5.65. The highest BCUT2D eigenvalue weighted by Gasteiger charge is 2.34. The second-order valence-electron chi connectivity index (χ2n) is 4.47. The van der Waals surface area contributed by atoms with Gasteiger partial charge < -0.3 is 9.84 Å². The lowest BCUT2D eigenvalue weighted by Crippen LogP contribution is -2.15. The van der Waals surface area contributed by atoms with E-state index in [1.165, 1.54) is 7.11 Å². The molecule has 0 saturated heterocycles. The Balaban J connectivity index is 2.34. The van der Waals surface area contributed by atoms with Gasteiger partial charge in [-0.05, 0) is 36.3 Å². The molecule has 1 aromatic rings. The Morgan fingerprint density at radius 2 is 2.12 bits per heavy atom. The molecule has 3 heteroatoms. The lowest BCUT2D eigenvalue weighted by molar-refractivity contribution is 0.136.